The second kappa shape index (κ2) is 8.79. The number of hydrogen-bond donors (Lipinski definition) is 1. The third kappa shape index (κ3) is 5.16. The summed E-state index contributed by atoms with van der Waals surface area (Å²) >= 11 is -0.493. The maximum absolute atomic E-state index is 12.1. The molecule has 0 unspecified atom stereocenters. The van der Waals surface area contributed by atoms with E-state index in [9.17, 15) is 9.90 Å². The van der Waals surface area contributed by atoms with Crippen LogP contribution in [0.2, 0.25) is 0 Å². The summed E-state index contributed by atoms with van der Waals surface area (Å²) in [5.41, 5.74) is -0.264. The van der Waals surface area contributed by atoms with Crippen LogP contribution >= 0.6 is 0 Å². The van der Waals surface area contributed by atoms with Crippen molar-refractivity contribution in [2.75, 3.05) is 6.61 Å². The van der Waals surface area contributed by atoms with E-state index in [0.29, 0.717) is 11.5 Å². The van der Waals surface area contributed by atoms with E-state index in [1.165, 1.54) is 7.22 Å². The molecular weight excluding hydrogens is 444 g/mol. The fourth-order valence-electron chi connectivity index (χ4n) is 3.21. The fourth-order valence-corrected chi connectivity index (χ4v) is 5.54. The molecule has 0 aliphatic heterocycles. The number of carbonyl (C=O) groups is 1. The van der Waals surface area contributed by atoms with Gasteiger partial charge in [0.15, 0.2) is 0 Å². The Labute approximate surface area is 164 Å². The van der Waals surface area contributed by atoms with Gasteiger partial charge in [0.1, 0.15) is 0 Å². The monoisotopic (exact) mass is 470 g/mol. The molecule has 4 nitrogen and oxygen atoms in total. The Kier molecular flexibility index (Phi) is 6.45. The van der Waals surface area contributed by atoms with Crippen molar-refractivity contribution < 1.29 is 19.4 Å². The van der Waals surface area contributed by atoms with Gasteiger partial charge in [0.05, 0.1) is 0 Å². The van der Waals surface area contributed by atoms with E-state index in [0.717, 1.165) is 32.1 Å². The molecule has 0 atom stereocenters. The van der Waals surface area contributed by atoms with Gasteiger partial charge < -0.3 is 0 Å². The molecule has 0 spiro atoms. The first-order valence-electron chi connectivity index (χ1n) is 9.00. The van der Waals surface area contributed by atoms with Crippen molar-refractivity contribution in [2.24, 2.45) is 0 Å². The van der Waals surface area contributed by atoms with Crippen molar-refractivity contribution in [3.8, 4) is 11.5 Å². The summed E-state index contributed by atoms with van der Waals surface area (Å²) < 4.78 is 13.8. The van der Waals surface area contributed by atoms with Crippen LogP contribution in [0.1, 0.15) is 39.0 Å². The zero-order chi connectivity index (χ0) is 18.4. The Balaban J connectivity index is 1.49. The van der Waals surface area contributed by atoms with E-state index in [1.807, 2.05) is 36.4 Å². The third-order valence-corrected chi connectivity index (χ3v) is 7.64. The zero-order valence-corrected chi connectivity index (χ0v) is 17.3. The van der Waals surface area contributed by atoms with Gasteiger partial charge in [-0.3, -0.25) is 0 Å². The molecule has 5 heteroatoms. The first kappa shape index (κ1) is 19.1. The molecule has 0 saturated heterocycles. The van der Waals surface area contributed by atoms with Gasteiger partial charge in [-0.25, -0.2) is 0 Å². The van der Waals surface area contributed by atoms with Crippen molar-refractivity contribution in [3.63, 3.8) is 0 Å². The Bertz CT molecular complexity index is 719. The van der Waals surface area contributed by atoms with Gasteiger partial charge in [-0.05, 0) is 0 Å². The van der Waals surface area contributed by atoms with Gasteiger partial charge in [0, 0.05) is 0 Å². The van der Waals surface area contributed by atoms with Gasteiger partial charge in [-0.15, -0.1) is 0 Å². The number of aromatic hydroxyl groups is 1. The quantitative estimate of drug-likeness (QED) is 0.502. The molecule has 0 amide bonds. The first-order chi connectivity index (χ1) is 12.6. The number of phenolic OH excluding ortho intramolecular Hbond substituents is 1. The van der Waals surface area contributed by atoms with Crippen LogP contribution < -0.4 is 12.0 Å². The number of benzene rings is 2. The number of hydrogen-bond acceptors (Lipinski definition) is 4. The number of rotatable bonds is 7. The molecule has 138 valence electrons. The van der Waals surface area contributed by atoms with Crippen LogP contribution in [0.4, 0.5) is 0 Å². The second-order valence-electron chi connectivity index (χ2n) is 6.57. The zero-order valence-electron chi connectivity index (χ0n) is 14.9. The van der Waals surface area contributed by atoms with Crippen molar-refractivity contribution in [1.82, 2.24) is 0 Å². The second-order valence-corrected chi connectivity index (χ2v) is 9.85. The molecule has 1 aliphatic rings. The number of carbonyl (C=O) groups excluding carboxylic acids is 1. The predicted octanol–water partition coefficient (Wildman–Crippen LogP) is 2.69. The maximum atomic E-state index is 12.1. The van der Waals surface area contributed by atoms with Crippen LogP contribution in [-0.2, 0) is 9.53 Å². The Hall–Kier alpha value is -1.70. The number of esters is 1. The molecule has 0 heterocycles. The van der Waals surface area contributed by atoms with Crippen LogP contribution in [0.5, 0.6) is 11.5 Å². The first-order valence-corrected chi connectivity index (χ1v) is 11.3. The van der Waals surface area contributed by atoms with Gasteiger partial charge in [0.2, 0.25) is 0 Å². The van der Waals surface area contributed by atoms with Gasteiger partial charge in [0.25, 0.3) is 0 Å². The topological polar surface area (TPSA) is 55.8 Å². The number of ether oxygens (including phenoxy) is 2. The van der Waals surface area contributed by atoms with E-state index in [-0.39, 0.29) is 18.2 Å². The summed E-state index contributed by atoms with van der Waals surface area (Å²) in [4.78, 5) is 12.1. The van der Waals surface area contributed by atoms with Gasteiger partial charge in [-0.1, -0.05) is 0 Å². The van der Waals surface area contributed by atoms with Crippen LogP contribution in [-0.4, -0.2) is 44.2 Å². The van der Waals surface area contributed by atoms with E-state index in [1.54, 1.807) is 12.1 Å². The van der Waals surface area contributed by atoms with E-state index >= 15 is 0 Å². The summed E-state index contributed by atoms with van der Waals surface area (Å²) in [5.74, 6) is 0.691. The van der Waals surface area contributed by atoms with Crippen molar-refractivity contribution in [3.05, 3.63) is 48.5 Å². The number of phenols is 1. The Morgan fingerprint density at radius 1 is 1.04 bits per heavy atom. The summed E-state index contributed by atoms with van der Waals surface area (Å²) in [6, 6.07) is 15.3. The van der Waals surface area contributed by atoms with E-state index in [4.69, 9.17) is 9.47 Å². The standard InChI is InChI=1S/C21H24O4Te/c1-2-21(13-3-4-14-21)25-20(23)15-24-17-7-11-19(12-8-17)26-18-9-5-16(22)6-10-18/h5-12,22H,2-4,13-15H2,1H3. The molecule has 0 aromatic heterocycles. The Morgan fingerprint density at radius 3 is 2.19 bits per heavy atom. The Morgan fingerprint density at radius 2 is 1.62 bits per heavy atom. The van der Waals surface area contributed by atoms with E-state index in [2.05, 4.69) is 6.92 Å². The summed E-state index contributed by atoms with van der Waals surface area (Å²) in [7, 11) is 0. The van der Waals surface area contributed by atoms with Crippen LogP contribution in [0.15, 0.2) is 48.5 Å². The SMILES string of the molecule is CCC1(OC(=O)COc2ccc([Te]c3ccc(O)cc3)cc2)CCCC1. The molecular formula is C21H24O4Te. The van der Waals surface area contributed by atoms with Crippen LogP contribution in [0.3, 0.4) is 0 Å². The van der Waals surface area contributed by atoms with E-state index < -0.39 is 20.9 Å². The van der Waals surface area contributed by atoms with Crippen molar-refractivity contribution >= 4 is 34.1 Å². The molecule has 1 saturated carbocycles. The molecule has 0 radical (unpaired) electrons. The molecule has 3 rings (SSSR count). The molecule has 2 aromatic carbocycles. The molecule has 0 bridgehead atoms. The molecule has 1 N–H and O–H groups in total. The molecule has 2 aromatic rings. The average Bonchev–Trinajstić information content (AvgIpc) is 3.12. The summed E-state index contributed by atoms with van der Waals surface area (Å²) in [6.07, 6.45) is 5.06. The predicted molar refractivity (Wildman–Crippen MR) is 103 cm³/mol. The third-order valence-electron chi connectivity index (χ3n) is 4.74. The minimum atomic E-state index is -0.493. The average molecular weight is 468 g/mol. The van der Waals surface area contributed by atoms with Gasteiger partial charge >= 0.3 is 165 Å². The molecule has 1 aliphatic carbocycles. The summed E-state index contributed by atoms with van der Waals surface area (Å²) in [6.45, 7) is 2.03. The molecule has 1 fully saturated rings. The molecule has 26 heavy (non-hydrogen) atoms. The van der Waals surface area contributed by atoms with Crippen molar-refractivity contribution in [2.45, 2.75) is 44.6 Å². The van der Waals surface area contributed by atoms with Crippen molar-refractivity contribution in [1.29, 1.82) is 0 Å². The normalized spacial score (nSPS) is 15.6. The van der Waals surface area contributed by atoms with Crippen LogP contribution in [0.25, 0.3) is 0 Å². The minimum absolute atomic E-state index is 0.0459. The van der Waals surface area contributed by atoms with Gasteiger partial charge in [-0.2, -0.15) is 0 Å². The fraction of sp³-hybridized carbons (Fsp3) is 0.381. The summed E-state index contributed by atoms with van der Waals surface area (Å²) in [5, 5.41) is 9.34. The van der Waals surface area contributed by atoms with Crippen LogP contribution in [0, 0.1) is 0 Å².